The topological polar surface area (TPSA) is 47.1 Å². The van der Waals surface area contributed by atoms with Gasteiger partial charge in [-0.3, -0.25) is 14.5 Å². The minimum Gasteiger partial charge on any atom is -0.347 e. The van der Waals surface area contributed by atoms with Crippen molar-refractivity contribution in [3.8, 4) is 0 Å². The molecule has 218 valence electrons. The minimum atomic E-state index is -0.432. The van der Waals surface area contributed by atoms with Crippen LogP contribution in [-0.2, 0) is 4.79 Å². The number of likely N-dealkylation sites (tertiary alicyclic amines) is 2. The number of benzene rings is 2. The molecule has 0 bridgehead atoms. The molecule has 2 heterocycles. The average molecular weight is 592 g/mol. The van der Waals surface area contributed by atoms with Crippen molar-refractivity contribution in [2.75, 3.05) is 60.4 Å². The molecule has 0 N–H and O–H groups in total. The van der Waals surface area contributed by atoms with Gasteiger partial charge in [0.2, 0.25) is 5.91 Å². The number of carbonyl (C=O) groups is 2. The molecule has 4 rings (SSSR count). The molecule has 2 fully saturated rings. The number of piperidine rings is 2. The fourth-order valence-electron chi connectivity index (χ4n) is 6.27. The number of hydrogen-bond donors (Lipinski definition) is 0. The normalized spacial score (nSPS) is 18.8. The standard InChI is InChI=1S/C31H41Cl2FN4O2/c1-35(2)30(40)31(38-15-5-4-6-16-38)13-18-37(19-14-31)17-12-25(23-10-11-27(32)28(33)21-23)22-36(3)29(39)24-8-7-9-26(34)20-24/h7-11,20-21,25H,4-6,12-19,22H2,1-3H3. The number of nitrogens with zero attached hydrogens (tertiary/aromatic N) is 4. The molecular formula is C31H41Cl2FN4O2. The van der Waals surface area contributed by atoms with E-state index in [1.165, 1.54) is 18.6 Å². The van der Waals surface area contributed by atoms with Crippen LogP contribution >= 0.6 is 23.2 Å². The molecule has 1 atom stereocenters. The molecule has 0 aliphatic carbocycles. The van der Waals surface area contributed by atoms with Crippen LogP contribution in [0.1, 0.15) is 60.4 Å². The van der Waals surface area contributed by atoms with Gasteiger partial charge < -0.3 is 14.7 Å². The molecule has 2 aliphatic rings. The number of carbonyl (C=O) groups excluding carboxylic acids is 2. The van der Waals surface area contributed by atoms with Crippen molar-refractivity contribution in [3.05, 3.63) is 69.5 Å². The number of hydrogen-bond acceptors (Lipinski definition) is 4. The third-order valence-electron chi connectivity index (χ3n) is 8.57. The van der Waals surface area contributed by atoms with Gasteiger partial charge in [0.05, 0.1) is 10.0 Å². The van der Waals surface area contributed by atoms with Crippen LogP contribution in [0, 0.1) is 5.82 Å². The van der Waals surface area contributed by atoms with E-state index in [2.05, 4.69) is 9.80 Å². The quantitative estimate of drug-likeness (QED) is 0.371. The molecule has 2 aromatic rings. The van der Waals surface area contributed by atoms with E-state index in [1.54, 1.807) is 35.0 Å². The highest BCUT2D eigenvalue weighted by molar-refractivity contribution is 6.42. The van der Waals surface area contributed by atoms with Crippen molar-refractivity contribution in [1.29, 1.82) is 0 Å². The average Bonchev–Trinajstić information content (AvgIpc) is 2.96. The van der Waals surface area contributed by atoms with Crippen molar-refractivity contribution in [2.24, 2.45) is 0 Å². The van der Waals surface area contributed by atoms with Crippen LogP contribution in [0.25, 0.3) is 0 Å². The zero-order valence-corrected chi connectivity index (χ0v) is 25.4. The second-order valence-electron chi connectivity index (χ2n) is 11.5. The third kappa shape index (κ3) is 7.17. The van der Waals surface area contributed by atoms with E-state index in [4.69, 9.17) is 23.2 Å². The summed E-state index contributed by atoms with van der Waals surface area (Å²) in [7, 11) is 5.48. The number of likely N-dealkylation sites (N-methyl/N-ethyl adjacent to an activating group) is 2. The maximum Gasteiger partial charge on any atom is 0.253 e. The molecule has 0 aromatic heterocycles. The van der Waals surface area contributed by atoms with Gasteiger partial charge in [-0.05, 0) is 87.6 Å². The van der Waals surface area contributed by atoms with Crippen molar-refractivity contribution in [2.45, 2.75) is 50.0 Å². The fraction of sp³-hybridized carbons (Fsp3) is 0.548. The Morgan fingerprint density at radius 2 is 1.65 bits per heavy atom. The Kier molecular flexibility index (Phi) is 10.5. The minimum absolute atomic E-state index is 0.00876. The summed E-state index contributed by atoms with van der Waals surface area (Å²) in [4.78, 5) is 34.8. The number of halogens is 3. The summed E-state index contributed by atoms with van der Waals surface area (Å²) in [6.45, 7) is 4.97. The van der Waals surface area contributed by atoms with Gasteiger partial charge in [-0.2, -0.15) is 0 Å². The van der Waals surface area contributed by atoms with E-state index < -0.39 is 11.4 Å². The fourth-order valence-corrected chi connectivity index (χ4v) is 6.58. The summed E-state index contributed by atoms with van der Waals surface area (Å²) >= 11 is 12.6. The molecule has 0 spiro atoms. The second-order valence-corrected chi connectivity index (χ2v) is 12.3. The largest absolute Gasteiger partial charge is 0.347 e. The van der Waals surface area contributed by atoms with E-state index in [-0.39, 0.29) is 17.7 Å². The first-order chi connectivity index (χ1) is 19.1. The lowest BCUT2D eigenvalue weighted by Crippen LogP contribution is -2.64. The van der Waals surface area contributed by atoms with Crippen molar-refractivity contribution in [3.63, 3.8) is 0 Å². The van der Waals surface area contributed by atoms with E-state index >= 15 is 0 Å². The van der Waals surface area contributed by atoms with Crippen LogP contribution in [0.2, 0.25) is 10.0 Å². The van der Waals surface area contributed by atoms with Crippen molar-refractivity contribution < 1.29 is 14.0 Å². The van der Waals surface area contributed by atoms with Crippen molar-refractivity contribution in [1.82, 2.24) is 19.6 Å². The van der Waals surface area contributed by atoms with Crippen LogP contribution in [-0.4, -0.2) is 97.4 Å². The summed E-state index contributed by atoms with van der Waals surface area (Å²) in [5.41, 5.74) is 0.919. The Labute approximate surface area is 248 Å². The Hall–Kier alpha value is -2.19. The molecule has 9 heteroatoms. The molecule has 2 aromatic carbocycles. The van der Waals surface area contributed by atoms with Gasteiger partial charge in [0.25, 0.3) is 5.91 Å². The monoisotopic (exact) mass is 590 g/mol. The summed E-state index contributed by atoms with van der Waals surface area (Å²) in [5, 5.41) is 0.971. The first-order valence-electron chi connectivity index (χ1n) is 14.3. The highest BCUT2D eigenvalue weighted by Crippen LogP contribution is 2.34. The van der Waals surface area contributed by atoms with Crippen LogP contribution in [0.4, 0.5) is 4.39 Å². The van der Waals surface area contributed by atoms with Crippen LogP contribution in [0.3, 0.4) is 0 Å². The maximum atomic E-state index is 13.8. The molecule has 40 heavy (non-hydrogen) atoms. The molecule has 2 amide bonds. The van der Waals surface area contributed by atoms with E-state index in [9.17, 15) is 14.0 Å². The summed E-state index contributed by atoms with van der Waals surface area (Å²) in [6.07, 6.45) is 5.98. The predicted molar refractivity (Wildman–Crippen MR) is 160 cm³/mol. The Morgan fingerprint density at radius 3 is 2.27 bits per heavy atom. The van der Waals surface area contributed by atoms with Gasteiger partial charge in [0.1, 0.15) is 11.4 Å². The zero-order valence-electron chi connectivity index (χ0n) is 23.8. The van der Waals surface area contributed by atoms with Gasteiger partial charge in [0.15, 0.2) is 0 Å². The second kappa shape index (κ2) is 13.6. The van der Waals surface area contributed by atoms with Crippen LogP contribution < -0.4 is 0 Å². The molecular weight excluding hydrogens is 550 g/mol. The van der Waals surface area contributed by atoms with Crippen molar-refractivity contribution >= 4 is 35.0 Å². The van der Waals surface area contributed by atoms with Crippen LogP contribution in [0.15, 0.2) is 42.5 Å². The molecule has 0 radical (unpaired) electrons. The van der Waals surface area contributed by atoms with Gasteiger partial charge in [0, 0.05) is 52.3 Å². The first-order valence-corrected chi connectivity index (χ1v) is 15.0. The molecule has 0 saturated carbocycles. The molecule has 1 unspecified atom stereocenters. The Balaban J connectivity index is 1.45. The number of rotatable bonds is 9. The van der Waals surface area contributed by atoms with E-state index in [0.717, 1.165) is 70.4 Å². The highest BCUT2D eigenvalue weighted by Gasteiger charge is 2.47. The number of amides is 2. The lowest BCUT2D eigenvalue weighted by Gasteiger charge is -2.50. The SMILES string of the molecule is CN(C)C(=O)C1(N2CCCCC2)CCN(CCC(CN(C)C(=O)c2cccc(F)c2)c2ccc(Cl)c(Cl)c2)CC1. The van der Waals surface area contributed by atoms with Gasteiger partial charge in [-0.1, -0.05) is 41.8 Å². The van der Waals surface area contributed by atoms with Gasteiger partial charge in [-0.25, -0.2) is 4.39 Å². The van der Waals surface area contributed by atoms with Gasteiger partial charge >= 0.3 is 0 Å². The lowest BCUT2D eigenvalue weighted by molar-refractivity contribution is -0.147. The Bertz CT molecular complexity index is 1180. The highest BCUT2D eigenvalue weighted by atomic mass is 35.5. The molecule has 2 saturated heterocycles. The Morgan fingerprint density at radius 1 is 0.950 bits per heavy atom. The maximum absolute atomic E-state index is 13.8. The summed E-state index contributed by atoms with van der Waals surface area (Å²) < 4.78 is 13.8. The predicted octanol–water partition coefficient (Wildman–Crippen LogP) is 5.79. The molecule has 6 nitrogen and oxygen atoms in total. The zero-order chi connectivity index (χ0) is 28.9. The third-order valence-corrected chi connectivity index (χ3v) is 9.31. The van der Waals surface area contributed by atoms with Crippen LogP contribution in [0.5, 0.6) is 0 Å². The molecule has 2 aliphatic heterocycles. The first kappa shape index (κ1) is 30.8. The van der Waals surface area contributed by atoms with Gasteiger partial charge in [-0.15, -0.1) is 0 Å². The van der Waals surface area contributed by atoms with E-state index in [1.807, 2.05) is 26.2 Å². The lowest BCUT2D eigenvalue weighted by atomic mass is 9.82. The summed E-state index contributed by atoms with van der Waals surface area (Å²) in [5.74, 6) is -0.426. The van der Waals surface area contributed by atoms with E-state index in [0.29, 0.717) is 22.2 Å². The smallest absolute Gasteiger partial charge is 0.253 e. The summed E-state index contributed by atoms with van der Waals surface area (Å²) in [6, 6.07) is 11.4.